The number of aromatic nitrogens is 1. The minimum Gasteiger partial charge on any atom is -0.508 e. The molecule has 1 N–H and O–H groups in total. The summed E-state index contributed by atoms with van der Waals surface area (Å²) in [5, 5.41) is 10.7. The Morgan fingerprint density at radius 3 is 2.69 bits per heavy atom. The summed E-state index contributed by atoms with van der Waals surface area (Å²) in [5.41, 5.74) is 3.96. The molecule has 0 unspecified atom stereocenters. The van der Waals surface area contributed by atoms with E-state index in [4.69, 9.17) is 9.47 Å². The van der Waals surface area contributed by atoms with Crippen molar-refractivity contribution in [1.29, 1.82) is 0 Å². The number of esters is 1. The number of methoxy groups -OCH3 is 1. The highest BCUT2D eigenvalue weighted by Gasteiger charge is 2.18. The number of benzene rings is 2. The number of carbonyl (C=O) groups is 1. The maximum Gasteiger partial charge on any atom is 0.310 e. The van der Waals surface area contributed by atoms with Gasteiger partial charge in [-0.3, -0.25) is 4.79 Å². The summed E-state index contributed by atoms with van der Waals surface area (Å²) >= 11 is 0. The van der Waals surface area contributed by atoms with Crippen LogP contribution in [-0.4, -0.2) is 29.4 Å². The van der Waals surface area contributed by atoms with Gasteiger partial charge in [0.2, 0.25) is 0 Å². The number of fused-ring (bicyclic) bond motifs is 1. The summed E-state index contributed by atoms with van der Waals surface area (Å²) < 4.78 is 12.6. The van der Waals surface area contributed by atoms with E-state index in [0.717, 1.165) is 33.5 Å². The van der Waals surface area contributed by atoms with Crippen molar-refractivity contribution in [2.45, 2.75) is 26.8 Å². The molecule has 26 heavy (non-hydrogen) atoms. The molecular weight excluding hydrogens is 330 g/mol. The lowest BCUT2D eigenvalue weighted by atomic mass is 10.1. The Hall–Kier alpha value is -2.95. The van der Waals surface area contributed by atoms with Crippen LogP contribution in [0.3, 0.4) is 0 Å². The Bertz CT molecular complexity index is 943. The summed E-state index contributed by atoms with van der Waals surface area (Å²) in [5.74, 6) is 0.747. The van der Waals surface area contributed by atoms with Gasteiger partial charge in [-0.2, -0.15) is 0 Å². The second-order valence-electron chi connectivity index (χ2n) is 6.18. The molecule has 0 spiro atoms. The molecule has 1 heterocycles. The zero-order valence-electron chi connectivity index (χ0n) is 15.3. The van der Waals surface area contributed by atoms with E-state index in [0.29, 0.717) is 13.2 Å². The maximum absolute atomic E-state index is 12.1. The van der Waals surface area contributed by atoms with Crippen LogP contribution in [0.5, 0.6) is 11.5 Å². The SMILES string of the molecule is CCOC(=O)Cc1c(C)n(Cc2cccc(O)c2)c2ccc(OC)cc12. The third kappa shape index (κ3) is 3.52. The smallest absolute Gasteiger partial charge is 0.310 e. The van der Waals surface area contributed by atoms with Crippen LogP contribution in [-0.2, 0) is 22.5 Å². The van der Waals surface area contributed by atoms with Gasteiger partial charge in [-0.1, -0.05) is 12.1 Å². The number of phenols is 1. The Balaban J connectivity index is 2.10. The summed E-state index contributed by atoms with van der Waals surface area (Å²) in [6.45, 7) is 4.78. The normalized spacial score (nSPS) is 10.9. The molecule has 2 aromatic carbocycles. The van der Waals surface area contributed by atoms with Crippen LogP contribution in [0.15, 0.2) is 42.5 Å². The van der Waals surface area contributed by atoms with Crippen molar-refractivity contribution in [2.75, 3.05) is 13.7 Å². The lowest BCUT2D eigenvalue weighted by Gasteiger charge is -2.10. The quantitative estimate of drug-likeness (QED) is 0.685. The molecule has 3 rings (SSSR count). The Labute approximate surface area is 152 Å². The Kier molecular flexibility index (Phi) is 5.16. The number of nitrogens with zero attached hydrogens (tertiary/aromatic N) is 1. The molecule has 136 valence electrons. The largest absolute Gasteiger partial charge is 0.508 e. The third-order valence-electron chi connectivity index (χ3n) is 4.54. The molecule has 5 nitrogen and oxygen atoms in total. The summed E-state index contributed by atoms with van der Waals surface area (Å²) in [4.78, 5) is 12.1. The van der Waals surface area contributed by atoms with Crippen molar-refractivity contribution in [3.05, 3.63) is 59.3 Å². The fourth-order valence-corrected chi connectivity index (χ4v) is 3.28. The predicted molar refractivity (Wildman–Crippen MR) is 101 cm³/mol. The number of hydrogen-bond donors (Lipinski definition) is 1. The topological polar surface area (TPSA) is 60.7 Å². The van der Waals surface area contributed by atoms with Gasteiger partial charge >= 0.3 is 5.97 Å². The molecule has 0 aliphatic rings. The zero-order chi connectivity index (χ0) is 18.7. The maximum atomic E-state index is 12.1. The molecule has 0 saturated carbocycles. The van der Waals surface area contributed by atoms with Gasteiger partial charge in [0, 0.05) is 23.1 Å². The Morgan fingerprint density at radius 1 is 1.19 bits per heavy atom. The molecule has 0 aliphatic carbocycles. The third-order valence-corrected chi connectivity index (χ3v) is 4.54. The fourth-order valence-electron chi connectivity index (χ4n) is 3.28. The van der Waals surface area contributed by atoms with Crippen molar-refractivity contribution >= 4 is 16.9 Å². The lowest BCUT2D eigenvalue weighted by Crippen LogP contribution is -2.09. The number of rotatable bonds is 6. The van der Waals surface area contributed by atoms with Crippen LogP contribution >= 0.6 is 0 Å². The lowest BCUT2D eigenvalue weighted by molar-refractivity contribution is -0.142. The summed E-state index contributed by atoms with van der Waals surface area (Å²) in [6.07, 6.45) is 0.219. The second kappa shape index (κ2) is 7.52. The molecule has 3 aromatic rings. The van der Waals surface area contributed by atoms with Crippen molar-refractivity contribution in [2.24, 2.45) is 0 Å². The van der Waals surface area contributed by atoms with E-state index < -0.39 is 0 Å². The standard InChI is InChI=1S/C21H23NO4/c1-4-26-21(24)12-18-14(2)22(13-15-6-5-7-16(23)10-15)20-9-8-17(25-3)11-19(18)20/h5-11,23H,4,12-13H2,1-3H3. The molecule has 0 bridgehead atoms. The minimum absolute atomic E-state index is 0.219. The molecule has 5 heteroatoms. The van der Waals surface area contributed by atoms with Crippen LogP contribution in [0.4, 0.5) is 0 Å². The number of aromatic hydroxyl groups is 1. The number of phenolic OH excluding ortho intramolecular Hbond substituents is 1. The predicted octanol–water partition coefficient (Wildman–Crippen LogP) is 3.82. The van der Waals surface area contributed by atoms with Crippen LogP contribution in [0.2, 0.25) is 0 Å². The first kappa shape index (κ1) is 17.9. The van der Waals surface area contributed by atoms with Gasteiger partial charge < -0.3 is 19.1 Å². The molecule has 0 atom stereocenters. The van der Waals surface area contributed by atoms with Crippen LogP contribution < -0.4 is 4.74 Å². The molecule has 1 aromatic heterocycles. The van der Waals surface area contributed by atoms with Crippen molar-refractivity contribution < 1.29 is 19.4 Å². The first-order valence-corrected chi connectivity index (χ1v) is 8.62. The molecule has 0 amide bonds. The van der Waals surface area contributed by atoms with Crippen LogP contribution in [0.1, 0.15) is 23.7 Å². The average Bonchev–Trinajstić information content (AvgIpc) is 2.87. The monoisotopic (exact) mass is 353 g/mol. The molecule has 0 fully saturated rings. The zero-order valence-corrected chi connectivity index (χ0v) is 15.3. The first-order valence-electron chi connectivity index (χ1n) is 8.62. The highest BCUT2D eigenvalue weighted by Crippen LogP contribution is 2.31. The first-order chi connectivity index (χ1) is 12.5. The summed E-state index contributed by atoms with van der Waals surface area (Å²) in [7, 11) is 1.63. The van der Waals surface area contributed by atoms with Gasteiger partial charge in [0.25, 0.3) is 0 Å². The van der Waals surface area contributed by atoms with E-state index in [9.17, 15) is 9.90 Å². The van der Waals surface area contributed by atoms with Gasteiger partial charge in [0.15, 0.2) is 0 Å². The average molecular weight is 353 g/mol. The van der Waals surface area contributed by atoms with E-state index in [1.54, 1.807) is 26.2 Å². The van der Waals surface area contributed by atoms with Crippen molar-refractivity contribution in [3.8, 4) is 11.5 Å². The van der Waals surface area contributed by atoms with Gasteiger partial charge in [-0.05, 0) is 55.3 Å². The number of carbonyl (C=O) groups excluding carboxylic acids is 1. The van der Waals surface area contributed by atoms with Gasteiger partial charge in [-0.15, -0.1) is 0 Å². The van der Waals surface area contributed by atoms with E-state index in [2.05, 4.69) is 4.57 Å². The second-order valence-corrected chi connectivity index (χ2v) is 6.18. The molecular formula is C21H23NO4. The van der Waals surface area contributed by atoms with Crippen LogP contribution in [0.25, 0.3) is 10.9 Å². The number of hydrogen-bond acceptors (Lipinski definition) is 4. The highest BCUT2D eigenvalue weighted by atomic mass is 16.5. The molecule has 0 aliphatic heterocycles. The van der Waals surface area contributed by atoms with Crippen molar-refractivity contribution in [3.63, 3.8) is 0 Å². The van der Waals surface area contributed by atoms with E-state index in [1.807, 2.05) is 37.3 Å². The van der Waals surface area contributed by atoms with E-state index >= 15 is 0 Å². The minimum atomic E-state index is -0.241. The van der Waals surface area contributed by atoms with Gasteiger partial charge in [0.05, 0.1) is 20.1 Å². The van der Waals surface area contributed by atoms with E-state index in [-0.39, 0.29) is 18.1 Å². The van der Waals surface area contributed by atoms with Gasteiger partial charge in [0.1, 0.15) is 11.5 Å². The fraction of sp³-hybridized carbons (Fsp3) is 0.286. The summed E-state index contributed by atoms with van der Waals surface area (Å²) in [6, 6.07) is 13.1. The Morgan fingerprint density at radius 2 is 2.00 bits per heavy atom. The highest BCUT2D eigenvalue weighted by molar-refractivity contribution is 5.90. The van der Waals surface area contributed by atoms with Crippen LogP contribution in [0, 0.1) is 6.92 Å². The van der Waals surface area contributed by atoms with Gasteiger partial charge in [-0.25, -0.2) is 0 Å². The molecule has 0 radical (unpaired) electrons. The van der Waals surface area contributed by atoms with Crippen molar-refractivity contribution in [1.82, 2.24) is 4.57 Å². The van der Waals surface area contributed by atoms with E-state index in [1.165, 1.54) is 0 Å². The number of ether oxygens (including phenoxy) is 2. The molecule has 0 saturated heterocycles.